The summed E-state index contributed by atoms with van der Waals surface area (Å²) in [5.74, 6) is -2.16. The van der Waals surface area contributed by atoms with E-state index >= 15 is 0 Å². The van der Waals surface area contributed by atoms with Crippen LogP contribution in [0.1, 0.15) is 23.5 Å². The van der Waals surface area contributed by atoms with Gasteiger partial charge in [0.15, 0.2) is 17.9 Å². The second-order valence-electron chi connectivity index (χ2n) is 6.68. The van der Waals surface area contributed by atoms with Crippen LogP contribution in [0.3, 0.4) is 0 Å². The zero-order chi connectivity index (χ0) is 19.3. The Balaban J connectivity index is 1.66. The van der Waals surface area contributed by atoms with Gasteiger partial charge < -0.3 is 24.6 Å². The maximum absolute atomic E-state index is 13.5. The average molecular weight is 376 g/mol. The summed E-state index contributed by atoms with van der Waals surface area (Å²) in [5, 5.41) is 32.2. The fourth-order valence-corrected chi connectivity index (χ4v) is 3.46. The fourth-order valence-electron chi connectivity index (χ4n) is 3.46. The average Bonchev–Trinajstić information content (AvgIpc) is 3.20. The van der Waals surface area contributed by atoms with Crippen LogP contribution in [-0.2, 0) is 4.74 Å². The largest absolute Gasteiger partial charge is 0.387 e. The Morgan fingerprint density at radius 3 is 2.63 bits per heavy atom. The van der Waals surface area contributed by atoms with Gasteiger partial charge in [-0.3, -0.25) is 0 Å². The molecule has 1 aliphatic rings. The molecule has 142 valence electrons. The van der Waals surface area contributed by atoms with E-state index in [-0.39, 0.29) is 5.56 Å². The number of aromatic nitrogens is 2. The molecule has 8 heteroatoms. The number of fused-ring (bicyclic) bond motifs is 1. The minimum atomic E-state index is -1.45. The lowest BCUT2D eigenvalue weighted by Gasteiger charge is -2.21. The van der Waals surface area contributed by atoms with Gasteiger partial charge in [0.1, 0.15) is 30.1 Å². The van der Waals surface area contributed by atoms with E-state index in [0.29, 0.717) is 5.65 Å². The number of ether oxygens (including phenoxy) is 1. The molecule has 1 aromatic carbocycles. The number of benzene rings is 1. The van der Waals surface area contributed by atoms with Crippen LogP contribution in [0.15, 0.2) is 42.7 Å². The summed E-state index contributed by atoms with van der Waals surface area (Å²) in [7, 11) is 0. The molecule has 27 heavy (non-hydrogen) atoms. The molecule has 0 amide bonds. The Labute approximate surface area is 153 Å². The van der Waals surface area contributed by atoms with Crippen molar-refractivity contribution in [2.75, 3.05) is 0 Å². The van der Waals surface area contributed by atoms with Crippen molar-refractivity contribution in [1.29, 1.82) is 0 Å². The summed E-state index contributed by atoms with van der Waals surface area (Å²) >= 11 is 0. The molecule has 2 aromatic heterocycles. The van der Waals surface area contributed by atoms with Crippen molar-refractivity contribution in [2.45, 2.75) is 37.6 Å². The molecule has 0 aliphatic carbocycles. The molecule has 3 heterocycles. The standard InChI is InChI=1S/C19H18F2N2O4/c1-9-4-6-22-18-11(9)5-7-23(18)19-16(26)15(25)17(27-19)14(24)10-2-3-12(20)13(21)8-10/h2-8,14-17,19,24-26H,1H3. The van der Waals surface area contributed by atoms with Crippen molar-refractivity contribution in [2.24, 2.45) is 0 Å². The summed E-state index contributed by atoms with van der Waals surface area (Å²) in [6.07, 6.45) is -3.13. The topological polar surface area (TPSA) is 87.7 Å². The second kappa shape index (κ2) is 6.65. The van der Waals surface area contributed by atoms with Crippen LogP contribution >= 0.6 is 0 Å². The summed E-state index contributed by atoms with van der Waals surface area (Å²) in [5.41, 5.74) is 1.59. The number of pyridine rings is 1. The maximum atomic E-state index is 13.5. The van der Waals surface area contributed by atoms with Crippen molar-refractivity contribution >= 4 is 11.0 Å². The van der Waals surface area contributed by atoms with Gasteiger partial charge in [-0.15, -0.1) is 0 Å². The van der Waals surface area contributed by atoms with E-state index in [2.05, 4.69) is 4.98 Å². The molecule has 5 unspecified atom stereocenters. The Morgan fingerprint density at radius 2 is 1.89 bits per heavy atom. The number of aliphatic hydroxyl groups is 3. The minimum Gasteiger partial charge on any atom is -0.387 e. The van der Waals surface area contributed by atoms with Crippen LogP contribution in [0.4, 0.5) is 8.78 Å². The third-order valence-electron chi connectivity index (χ3n) is 4.98. The van der Waals surface area contributed by atoms with Gasteiger partial charge >= 0.3 is 0 Å². The van der Waals surface area contributed by atoms with Crippen molar-refractivity contribution in [3.63, 3.8) is 0 Å². The van der Waals surface area contributed by atoms with Gasteiger partial charge in [0.05, 0.1) is 0 Å². The van der Waals surface area contributed by atoms with Gasteiger partial charge in [-0.05, 0) is 42.3 Å². The molecule has 3 N–H and O–H groups in total. The Bertz CT molecular complexity index is 993. The molecule has 0 saturated carbocycles. The molecular formula is C19H18F2N2O4. The first-order valence-electron chi connectivity index (χ1n) is 8.45. The first-order chi connectivity index (χ1) is 12.9. The third-order valence-corrected chi connectivity index (χ3v) is 4.98. The van der Waals surface area contributed by atoms with Gasteiger partial charge in [-0.1, -0.05) is 6.07 Å². The summed E-state index contributed by atoms with van der Waals surface area (Å²) in [4.78, 5) is 4.29. The summed E-state index contributed by atoms with van der Waals surface area (Å²) < 4.78 is 33.9. The van der Waals surface area contributed by atoms with E-state index in [9.17, 15) is 24.1 Å². The van der Waals surface area contributed by atoms with E-state index in [1.165, 1.54) is 6.07 Å². The molecule has 5 atom stereocenters. The van der Waals surface area contributed by atoms with E-state index in [4.69, 9.17) is 4.74 Å². The van der Waals surface area contributed by atoms with E-state index in [1.807, 2.05) is 19.1 Å². The number of hydrogen-bond donors (Lipinski definition) is 3. The van der Waals surface area contributed by atoms with Crippen LogP contribution in [0.25, 0.3) is 11.0 Å². The molecule has 0 spiro atoms. The van der Waals surface area contributed by atoms with Crippen molar-refractivity contribution < 1.29 is 28.8 Å². The zero-order valence-electron chi connectivity index (χ0n) is 14.3. The van der Waals surface area contributed by atoms with Crippen LogP contribution in [0.2, 0.25) is 0 Å². The molecule has 1 fully saturated rings. The number of aryl methyl sites for hydroxylation is 1. The molecule has 3 aromatic rings. The van der Waals surface area contributed by atoms with Gasteiger partial charge in [0, 0.05) is 17.8 Å². The highest BCUT2D eigenvalue weighted by molar-refractivity contribution is 5.79. The van der Waals surface area contributed by atoms with Gasteiger partial charge in [-0.2, -0.15) is 0 Å². The quantitative estimate of drug-likeness (QED) is 0.651. The predicted octanol–water partition coefficient (Wildman–Crippen LogP) is 1.98. The molecule has 6 nitrogen and oxygen atoms in total. The summed E-state index contributed by atoms with van der Waals surface area (Å²) in [6, 6.07) is 6.60. The third kappa shape index (κ3) is 2.90. The first kappa shape index (κ1) is 18.0. The van der Waals surface area contributed by atoms with E-state index in [0.717, 1.165) is 23.1 Å². The highest BCUT2D eigenvalue weighted by Crippen LogP contribution is 2.37. The molecule has 1 saturated heterocycles. The minimum absolute atomic E-state index is 0.0390. The highest BCUT2D eigenvalue weighted by Gasteiger charge is 2.47. The van der Waals surface area contributed by atoms with Crippen molar-refractivity contribution in [3.05, 3.63) is 65.5 Å². The predicted molar refractivity (Wildman–Crippen MR) is 91.7 cm³/mol. The fraction of sp³-hybridized carbons (Fsp3) is 0.316. The number of halogens is 2. The monoisotopic (exact) mass is 376 g/mol. The van der Waals surface area contributed by atoms with E-state index < -0.39 is 42.3 Å². The Hall–Kier alpha value is -2.39. The van der Waals surface area contributed by atoms with Crippen LogP contribution in [0, 0.1) is 18.6 Å². The molecule has 1 aliphatic heterocycles. The first-order valence-corrected chi connectivity index (χ1v) is 8.45. The van der Waals surface area contributed by atoms with Gasteiger partial charge in [0.25, 0.3) is 0 Å². The molecule has 4 rings (SSSR count). The number of hydrogen-bond acceptors (Lipinski definition) is 5. The zero-order valence-corrected chi connectivity index (χ0v) is 14.3. The molecular weight excluding hydrogens is 358 g/mol. The van der Waals surface area contributed by atoms with Crippen molar-refractivity contribution in [3.8, 4) is 0 Å². The molecule has 0 radical (unpaired) electrons. The number of nitrogens with zero attached hydrogens (tertiary/aromatic N) is 2. The second-order valence-corrected chi connectivity index (χ2v) is 6.68. The SMILES string of the molecule is Cc1ccnc2c1ccn2C1OC(C(O)c2ccc(F)c(F)c2)C(O)C1O. The Morgan fingerprint density at radius 1 is 1.11 bits per heavy atom. The van der Waals surface area contributed by atoms with Gasteiger partial charge in [0.2, 0.25) is 0 Å². The van der Waals surface area contributed by atoms with Crippen LogP contribution < -0.4 is 0 Å². The normalized spacial score (nSPS) is 26.6. The maximum Gasteiger partial charge on any atom is 0.164 e. The lowest BCUT2D eigenvalue weighted by atomic mass is 9.99. The summed E-state index contributed by atoms with van der Waals surface area (Å²) in [6.45, 7) is 1.92. The number of aliphatic hydroxyl groups excluding tert-OH is 3. The van der Waals surface area contributed by atoms with E-state index in [1.54, 1.807) is 17.0 Å². The van der Waals surface area contributed by atoms with Crippen LogP contribution in [0.5, 0.6) is 0 Å². The smallest absolute Gasteiger partial charge is 0.164 e. The lowest BCUT2D eigenvalue weighted by Crippen LogP contribution is -2.34. The highest BCUT2D eigenvalue weighted by atomic mass is 19.2. The van der Waals surface area contributed by atoms with Crippen LogP contribution in [-0.4, -0.2) is 43.2 Å². The number of rotatable bonds is 3. The van der Waals surface area contributed by atoms with Crippen molar-refractivity contribution in [1.82, 2.24) is 9.55 Å². The Kier molecular flexibility index (Phi) is 4.43. The molecule has 0 bridgehead atoms. The van der Waals surface area contributed by atoms with Gasteiger partial charge in [-0.25, -0.2) is 13.8 Å². The lowest BCUT2D eigenvalue weighted by molar-refractivity contribution is -0.0849.